The summed E-state index contributed by atoms with van der Waals surface area (Å²) in [4.78, 5) is 0. The summed E-state index contributed by atoms with van der Waals surface area (Å²) in [5.74, 6) is 0. The van der Waals surface area contributed by atoms with Gasteiger partial charge >= 0.3 is 0 Å². The summed E-state index contributed by atoms with van der Waals surface area (Å²) in [5.41, 5.74) is 10.4. The molecule has 0 aliphatic heterocycles. The summed E-state index contributed by atoms with van der Waals surface area (Å²) in [6.07, 6.45) is 8.15. The zero-order chi connectivity index (χ0) is 13.3. The highest BCUT2D eigenvalue weighted by Gasteiger charge is 2.33. The van der Waals surface area contributed by atoms with Crippen molar-refractivity contribution >= 4 is 0 Å². The maximum atomic E-state index is 6.65. The first-order valence-electron chi connectivity index (χ1n) is 7.10. The monoisotopic (exact) mass is 255 g/mol. The van der Waals surface area contributed by atoms with Crippen molar-refractivity contribution in [2.45, 2.75) is 44.7 Å². The Labute approximate surface area is 114 Å². The van der Waals surface area contributed by atoms with E-state index in [0.29, 0.717) is 0 Å². The van der Waals surface area contributed by atoms with Crippen LogP contribution in [0.1, 0.15) is 36.5 Å². The predicted molar refractivity (Wildman–Crippen MR) is 76.9 cm³/mol. The Morgan fingerprint density at radius 3 is 2.89 bits per heavy atom. The van der Waals surface area contributed by atoms with Gasteiger partial charge in [0.05, 0.1) is 6.20 Å². The number of hydrogen-bond acceptors (Lipinski definition) is 2. The molecular weight excluding hydrogens is 234 g/mol. The van der Waals surface area contributed by atoms with Gasteiger partial charge < -0.3 is 5.73 Å². The molecule has 2 N–H and O–H groups in total. The van der Waals surface area contributed by atoms with Crippen molar-refractivity contribution in [3.8, 4) is 0 Å². The Balaban J connectivity index is 1.88. The van der Waals surface area contributed by atoms with Gasteiger partial charge in [-0.25, -0.2) is 0 Å². The summed E-state index contributed by atoms with van der Waals surface area (Å²) < 4.78 is 2.00. The maximum Gasteiger partial charge on any atom is 0.0540 e. The van der Waals surface area contributed by atoms with Gasteiger partial charge in [-0.15, -0.1) is 0 Å². The lowest BCUT2D eigenvalue weighted by Gasteiger charge is -2.34. The van der Waals surface area contributed by atoms with Crippen LogP contribution in [-0.2, 0) is 24.9 Å². The predicted octanol–water partition coefficient (Wildman–Crippen LogP) is 2.64. The molecule has 3 nitrogen and oxygen atoms in total. The number of benzene rings is 1. The molecule has 1 unspecified atom stereocenters. The average molecular weight is 255 g/mol. The smallest absolute Gasteiger partial charge is 0.0540 e. The van der Waals surface area contributed by atoms with E-state index in [0.717, 1.165) is 32.2 Å². The zero-order valence-electron chi connectivity index (χ0n) is 11.5. The van der Waals surface area contributed by atoms with Crippen LogP contribution in [0.4, 0.5) is 0 Å². The first-order chi connectivity index (χ1) is 9.21. The number of nitrogens with zero attached hydrogens (tertiary/aromatic N) is 2. The molecule has 19 heavy (non-hydrogen) atoms. The van der Waals surface area contributed by atoms with Crippen molar-refractivity contribution in [2.24, 2.45) is 5.73 Å². The second-order valence-electron chi connectivity index (χ2n) is 5.59. The first kappa shape index (κ1) is 12.4. The molecule has 1 atom stereocenters. The fourth-order valence-electron chi connectivity index (χ4n) is 2.98. The minimum absolute atomic E-state index is 0.250. The highest BCUT2D eigenvalue weighted by atomic mass is 15.3. The summed E-state index contributed by atoms with van der Waals surface area (Å²) in [6, 6.07) is 8.63. The Morgan fingerprint density at radius 1 is 1.32 bits per heavy atom. The lowest BCUT2D eigenvalue weighted by atomic mass is 9.75. The molecule has 1 heterocycles. The molecule has 1 aliphatic rings. The fraction of sp³-hybridized carbons (Fsp3) is 0.438. The summed E-state index contributed by atoms with van der Waals surface area (Å²) in [7, 11) is 0. The molecule has 0 fully saturated rings. The van der Waals surface area contributed by atoms with E-state index in [1.165, 1.54) is 16.7 Å². The highest BCUT2D eigenvalue weighted by molar-refractivity contribution is 5.35. The van der Waals surface area contributed by atoms with Gasteiger partial charge in [0, 0.05) is 23.8 Å². The molecule has 1 aliphatic carbocycles. The molecule has 0 spiro atoms. The van der Waals surface area contributed by atoms with E-state index in [2.05, 4.69) is 42.5 Å². The largest absolute Gasteiger partial charge is 0.321 e. The molecule has 0 radical (unpaired) electrons. The van der Waals surface area contributed by atoms with Crippen LogP contribution in [0.2, 0.25) is 0 Å². The van der Waals surface area contributed by atoms with Gasteiger partial charge in [-0.05, 0) is 36.8 Å². The number of nitrogens with two attached hydrogens (primary N) is 1. The maximum absolute atomic E-state index is 6.65. The normalized spacial score (nSPS) is 22.2. The molecule has 100 valence electrons. The van der Waals surface area contributed by atoms with Crippen LogP contribution >= 0.6 is 0 Å². The quantitative estimate of drug-likeness (QED) is 0.916. The van der Waals surface area contributed by atoms with Crippen LogP contribution in [0.3, 0.4) is 0 Å². The standard InChI is InChI=1S/C16H21N3/c1-2-9-19-12-15(11-18-19)16(17)8-7-13-5-3-4-6-14(13)10-16/h3-6,11-12H,2,7-10,17H2,1H3. The van der Waals surface area contributed by atoms with Crippen molar-refractivity contribution in [3.63, 3.8) is 0 Å². The first-order valence-corrected chi connectivity index (χ1v) is 7.10. The van der Waals surface area contributed by atoms with E-state index < -0.39 is 0 Å². The van der Waals surface area contributed by atoms with Crippen molar-refractivity contribution in [1.82, 2.24) is 9.78 Å². The van der Waals surface area contributed by atoms with Crippen LogP contribution in [0, 0.1) is 0 Å². The van der Waals surface area contributed by atoms with Gasteiger partial charge in [0.25, 0.3) is 0 Å². The Hall–Kier alpha value is -1.61. The minimum Gasteiger partial charge on any atom is -0.321 e. The number of rotatable bonds is 3. The Morgan fingerprint density at radius 2 is 2.11 bits per heavy atom. The van der Waals surface area contributed by atoms with E-state index in [1.54, 1.807) is 0 Å². The minimum atomic E-state index is -0.250. The summed E-state index contributed by atoms with van der Waals surface area (Å²) >= 11 is 0. The molecule has 3 heteroatoms. The molecule has 0 saturated carbocycles. The third-order valence-corrected chi connectivity index (χ3v) is 4.13. The molecular formula is C16H21N3. The molecule has 0 amide bonds. The number of fused-ring (bicyclic) bond motifs is 1. The van der Waals surface area contributed by atoms with Crippen molar-refractivity contribution in [3.05, 3.63) is 53.3 Å². The third-order valence-electron chi connectivity index (χ3n) is 4.13. The van der Waals surface area contributed by atoms with Crippen LogP contribution in [-0.4, -0.2) is 9.78 Å². The topological polar surface area (TPSA) is 43.8 Å². The second-order valence-corrected chi connectivity index (χ2v) is 5.59. The molecule has 3 rings (SSSR count). The van der Waals surface area contributed by atoms with Crippen LogP contribution in [0.15, 0.2) is 36.7 Å². The van der Waals surface area contributed by atoms with Crippen LogP contribution in [0.25, 0.3) is 0 Å². The summed E-state index contributed by atoms with van der Waals surface area (Å²) in [6.45, 7) is 3.13. The summed E-state index contributed by atoms with van der Waals surface area (Å²) in [5, 5.41) is 4.42. The highest BCUT2D eigenvalue weighted by Crippen LogP contribution is 2.34. The van der Waals surface area contributed by atoms with Crippen LogP contribution < -0.4 is 5.73 Å². The van der Waals surface area contributed by atoms with Gasteiger partial charge in [0.1, 0.15) is 0 Å². The van der Waals surface area contributed by atoms with Gasteiger partial charge in [-0.2, -0.15) is 5.10 Å². The SMILES string of the molecule is CCCn1cc(C2(N)CCc3ccccc3C2)cn1. The average Bonchev–Trinajstić information content (AvgIpc) is 2.88. The van der Waals surface area contributed by atoms with E-state index in [-0.39, 0.29) is 5.54 Å². The van der Waals surface area contributed by atoms with Crippen LogP contribution in [0.5, 0.6) is 0 Å². The third kappa shape index (κ3) is 2.30. The second kappa shape index (κ2) is 4.82. The van der Waals surface area contributed by atoms with Crippen molar-refractivity contribution in [2.75, 3.05) is 0 Å². The molecule has 0 bridgehead atoms. The Kier molecular flexibility index (Phi) is 3.15. The fourth-order valence-corrected chi connectivity index (χ4v) is 2.98. The van der Waals surface area contributed by atoms with E-state index in [9.17, 15) is 0 Å². The lowest BCUT2D eigenvalue weighted by Crippen LogP contribution is -2.41. The zero-order valence-corrected chi connectivity index (χ0v) is 11.5. The van der Waals surface area contributed by atoms with Gasteiger partial charge in [0.15, 0.2) is 0 Å². The molecule has 1 aromatic carbocycles. The number of aryl methyl sites for hydroxylation is 2. The van der Waals surface area contributed by atoms with E-state index in [4.69, 9.17) is 5.73 Å². The van der Waals surface area contributed by atoms with E-state index in [1.807, 2.05) is 10.9 Å². The van der Waals surface area contributed by atoms with Gasteiger partial charge in [-0.1, -0.05) is 31.2 Å². The number of hydrogen-bond donors (Lipinski definition) is 1. The lowest BCUT2D eigenvalue weighted by molar-refractivity contribution is 0.384. The molecule has 2 aromatic rings. The number of aromatic nitrogens is 2. The van der Waals surface area contributed by atoms with Gasteiger partial charge in [0.2, 0.25) is 0 Å². The molecule has 0 saturated heterocycles. The van der Waals surface area contributed by atoms with E-state index >= 15 is 0 Å². The molecule has 1 aromatic heterocycles. The van der Waals surface area contributed by atoms with Gasteiger partial charge in [-0.3, -0.25) is 4.68 Å². The van der Waals surface area contributed by atoms with Crippen molar-refractivity contribution < 1.29 is 0 Å². The Bertz CT molecular complexity index is 573. The van der Waals surface area contributed by atoms with Crippen molar-refractivity contribution in [1.29, 1.82) is 0 Å².